The van der Waals surface area contributed by atoms with E-state index in [0.717, 1.165) is 25.1 Å². The molecule has 3 rings (SSSR count). The van der Waals surface area contributed by atoms with Gasteiger partial charge in [-0.15, -0.1) is 0 Å². The minimum atomic E-state index is -0.462. The third-order valence-electron chi connectivity index (χ3n) is 5.04. The first-order valence-electron chi connectivity index (χ1n) is 8.88. The fraction of sp³-hybridized carbons (Fsp3) is 0.526. The predicted octanol–water partition coefficient (Wildman–Crippen LogP) is 1.36. The zero-order valence-corrected chi connectivity index (χ0v) is 14.9. The third-order valence-corrected chi connectivity index (χ3v) is 5.04. The number of rotatable bonds is 3. The van der Waals surface area contributed by atoms with Gasteiger partial charge in [0.15, 0.2) is 0 Å². The smallest absolute Gasteiger partial charge is 0.312 e. The normalized spacial score (nSPS) is 21.7. The topological polar surface area (TPSA) is 60.9 Å². The van der Waals surface area contributed by atoms with E-state index < -0.39 is 11.8 Å². The highest BCUT2D eigenvalue weighted by Crippen LogP contribution is 2.18. The van der Waals surface area contributed by atoms with Gasteiger partial charge in [-0.05, 0) is 36.5 Å². The lowest BCUT2D eigenvalue weighted by molar-refractivity contribution is -0.155. The summed E-state index contributed by atoms with van der Waals surface area (Å²) in [4.78, 5) is 41.3. The quantitative estimate of drug-likeness (QED) is 0.779. The lowest BCUT2D eigenvalue weighted by Gasteiger charge is -2.32. The molecule has 0 unspecified atom stereocenters. The largest absolute Gasteiger partial charge is 0.338 e. The molecule has 0 bridgehead atoms. The molecule has 134 valence electrons. The van der Waals surface area contributed by atoms with Crippen LogP contribution in [0.15, 0.2) is 24.3 Å². The van der Waals surface area contributed by atoms with Crippen LogP contribution in [-0.2, 0) is 16.1 Å². The van der Waals surface area contributed by atoms with Gasteiger partial charge in [0.1, 0.15) is 0 Å². The number of likely N-dealkylation sites (tertiary alicyclic amines) is 1. The van der Waals surface area contributed by atoms with E-state index in [4.69, 9.17) is 0 Å². The Labute approximate surface area is 148 Å². The Bertz CT molecular complexity index is 671. The van der Waals surface area contributed by atoms with E-state index in [2.05, 4.69) is 6.92 Å². The summed E-state index contributed by atoms with van der Waals surface area (Å²) in [6.07, 6.45) is 2.24. The second kappa shape index (κ2) is 7.25. The molecule has 2 saturated heterocycles. The summed E-state index contributed by atoms with van der Waals surface area (Å²) in [6, 6.07) is 7.38. The maximum atomic E-state index is 12.6. The molecule has 1 aromatic rings. The average molecular weight is 343 g/mol. The van der Waals surface area contributed by atoms with Crippen molar-refractivity contribution in [3.8, 4) is 0 Å². The monoisotopic (exact) mass is 343 g/mol. The van der Waals surface area contributed by atoms with Crippen molar-refractivity contribution in [2.75, 3.05) is 33.2 Å². The first-order chi connectivity index (χ1) is 12.0. The van der Waals surface area contributed by atoms with Crippen LogP contribution in [0.2, 0.25) is 0 Å². The van der Waals surface area contributed by atoms with Crippen molar-refractivity contribution in [3.05, 3.63) is 35.4 Å². The molecule has 2 fully saturated rings. The Morgan fingerprint density at radius 1 is 1.08 bits per heavy atom. The summed E-state index contributed by atoms with van der Waals surface area (Å²) in [5.41, 5.74) is 1.60. The molecular weight excluding hydrogens is 318 g/mol. The number of likely N-dealkylation sites (N-methyl/N-ethyl adjacent to an activating group) is 1. The molecule has 0 aromatic heterocycles. The Kier molecular flexibility index (Phi) is 5.06. The number of piperidine rings is 1. The highest BCUT2D eigenvalue weighted by atomic mass is 16.2. The van der Waals surface area contributed by atoms with E-state index in [1.807, 2.05) is 29.2 Å². The van der Waals surface area contributed by atoms with Crippen LogP contribution in [0.5, 0.6) is 0 Å². The van der Waals surface area contributed by atoms with E-state index in [0.29, 0.717) is 31.1 Å². The van der Waals surface area contributed by atoms with Crippen molar-refractivity contribution in [3.63, 3.8) is 0 Å². The van der Waals surface area contributed by atoms with Gasteiger partial charge in [-0.1, -0.05) is 19.1 Å². The molecule has 0 spiro atoms. The molecular formula is C19H25N3O3. The number of benzene rings is 1. The fourth-order valence-corrected chi connectivity index (χ4v) is 3.45. The SMILES string of the molecule is C[C@H]1CCCN(C(=O)c2ccc(CN3CCN(C)C(=O)C3=O)cc2)C1. The summed E-state index contributed by atoms with van der Waals surface area (Å²) in [5.74, 6) is -0.296. The standard InChI is InChI=1S/C19H25N3O3/c1-14-4-3-9-21(12-14)17(23)16-7-5-15(6-8-16)13-22-11-10-20(2)18(24)19(22)25/h5-8,14H,3-4,9-13H2,1-2H3/t14-/m0/s1. The summed E-state index contributed by atoms with van der Waals surface area (Å²) < 4.78 is 0. The van der Waals surface area contributed by atoms with Crippen LogP contribution >= 0.6 is 0 Å². The van der Waals surface area contributed by atoms with Gasteiger partial charge in [-0.25, -0.2) is 0 Å². The first-order valence-corrected chi connectivity index (χ1v) is 8.88. The summed E-state index contributed by atoms with van der Waals surface area (Å²) >= 11 is 0. The van der Waals surface area contributed by atoms with Crippen LogP contribution in [0.1, 0.15) is 35.7 Å². The molecule has 1 atom stereocenters. The molecule has 3 amide bonds. The van der Waals surface area contributed by atoms with Crippen LogP contribution in [0.3, 0.4) is 0 Å². The third kappa shape index (κ3) is 3.83. The molecule has 1 aromatic carbocycles. The number of hydrogen-bond acceptors (Lipinski definition) is 3. The fourth-order valence-electron chi connectivity index (χ4n) is 3.45. The molecule has 6 heteroatoms. The lowest BCUT2D eigenvalue weighted by Crippen LogP contribution is -2.52. The summed E-state index contributed by atoms with van der Waals surface area (Å²) in [7, 11) is 1.64. The number of amides is 3. The molecule has 25 heavy (non-hydrogen) atoms. The van der Waals surface area contributed by atoms with Crippen molar-refractivity contribution < 1.29 is 14.4 Å². The van der Waals surface area contributed by atoms with Gasteiger partial charge in [0.05, 0.1) is 0 Å². The van der Waals surface area contributed by atoms with Gasteiger partial charge in [-0.3, -0.25) is 14.4 Å². The van der Waals surface area contributed by atoms with Crippen molar-refractivity contribution in [1.82, 2.24) is 14.7 Å². The Balaban J connectivity index is 1.63. The Hall–Kier alpha value is -2.37. The number of carbonyl (C=O) groups is 3. The number of nitrogens with zero attached hydrogens (tertiary/aromatic N) is 3. The van der Waals surface area contributed by atoms with Gasteiger partial charge < -0.3 is 14.7 Å². The average Bonchev–Trinajstić information content (AvgIpc) is 2.62. The second-order valence-corrected chi connectivity index (χ2v) is 7.15. The lowest BCUT2D eigenvalue weighted by atomic mass is 9.99. The number of piperazine rings is 1. The zero-order chi connectivity index (χ0) is 18.0. The van der Waals surface area contributed by atoms with E-state index in [1.165, 1.54) is 11.3 Å². The van der Waals surface area contributed by atoms with Crippen molar-refractivity contribution in [2.45, 2.75) is 26.3 Å². The molecule has 0 saturated carbocycles. The second-order valence-electron chi connectivity index (χ2n) is 7.15. The minimum absolute atomic E-state index is 0.0731. The summed E-state index contributed by atoms with van der Waals surface area (Å²) in [6.45, 7) is 5.30. The highest BCUT2D eigenvalue weighted by Gasteiger charge is 2.30. The van der Waals surface area contributed by atoms with Gasteiger partial charge in [0, 0.05) is 45.3 Å². The maximum Gasteiger partial charge on any atom is 0.312 e. The maximum absolute atomic E-state index is 12.6. The van der Waals surface area contributed by atoms with Crippen molar-refractivity contribution in [1.29, 1.82) is 0 Å². The highest BCUT2D eigenvalue weighted by molar-refractivity contribution is 6.35. The van der Waals surface area contributed by atoms with Crippen LogP contribution in [0.25, 0.3) is 0 Å². The number of carbonyl (C=O) groups excluding carboxylic acids is 3. The van der Waals surface area contributed by atoms with Crippen molar-refractivity contribution >= 4 is 17.7 Å². The Morgan fingerprint density at radius 3 is 2.48 bits per heavy atom. The van der Waals surface area contributed by atoms with Crippen molar-refractivity contribution in [2.24, 2.45) is 5.92 Å². The summed E-state index contributed by atoms with van der Waals surface area (Å²) in [5, 5.41) is 0. The zero-order valence-electron chi connectivity index (χ0n) is 14.9. The first kappa shape index (κ1) is 17.5. The van der Waals surface area contributed by atoms with Gasteiger partial charge in [0.2, 0.25) is 0 Å². The van der Waals surface area contributed by atoms with Crippen LogP contribution in [0, 0.1) is 5.92 Å². The van der Waals surface area contributed by atoms with Crippen LogP contribution in [0.4, 0.5) is 0 Å². The predicted molar refractivity (Wildman–Crippen MR) is 93.8 cm³/mol. The van der Waals surface area contributed by atoms with E-state index in [-0.39, 0.29) is 5.91 Å². The molecule has 2 aliphatic heterocycles. The molecule has 6 nitrogen and oxygen atoms in total. The van der Waals surface area contributed by atoms with Gasteiger partial charge >= 0.3 is 11.8 Å². The molecule has 2 aliphatic rings. The number of hydrogen-bond donors (Lipinski definition) is 0. The molecule has 0 radical (unpaired) electrons. The minimum Gasteiger partial charge on any atom is -0.338 e. The van der Waals surface area contributed by atoms with Gasteiger partial charge in [-0.2, -0.15) is 0 Å². The van der Waals surface area contributed by atoms with Crippen LogP contribution in [-0.4, -0.2) is 65.6 Å². The van der Waals surface area contributed by atoms with Crippen LogP contribution < -0.4 is 0 Å². The van der Waals surface area contributed by atoms with E-state index in [9.17, 15) is 14.4 Å². The van der Waals surface area contributed by atoms with E-state index in [1.54, 1.807) is 11.9 Å². The molecule has 0 N–H and O–H groups in total. The van der Waals surface area contributed by atoms with Gasteiger partial charge in [0.25, 0.3) is 5.91 Å². The van der Waals surface area contributed by atoms with E-state index >= 15 is 0 Å². The Morgan fingerprint density at radius 2 is 1.80 bits per heavy atom. The molecule has 2 heterocycles. The molecule has 0 aliphatic carbocycles.